The molecule has 0 saturated heterocycles. The SMILES string of the molecule is Cc1nc(-c2ccncc2)[nH]c(=O)c1CC(=O)N(C)C(C)C(=O)O. The molecular formula is C16H18N4O4. The Labute approximate surface area is 138 Å². The van der Waals surface area contributed by atoms with Crippen molar-refractivity contribution in [1.29, 1.82) is 0 Å². The summed E-state index contributed by atoms with van der Waals surface area (Å²) in [7, 11) is 1.39. The first-order valence-corrected chi connectivity index (χ1v) is 7.30. The van der Waals surface area contributed by atoms with E-state index in [-0.39, 0.29) is 12.0 Å². The zero-order valence-corrected chi connectivity index (χ0v) is 13.6. The molecule has 8 nitrogen and oxygen atoms in total. The van der Waals surface area contributed by atoms with Crippen LogP contribution in [0.2, 0.25) is 0 Å². The van der Waals surface area contributed by atoms with Gasteiger partial charge in [0.25, 0.3) is 5.56 Å². The number of nitrogens with zero attached hydrogens (tertiary/aromatic N) is 3. The van der Waals surface area contributed by atoms with Crippen LogP contribution in [-0.2, 0) is 16.0 Å². The average Bonchev–Trinajstić information content (AvgIpc) is 2.57. The fourth-order valence-electron chi connectivity index (χ4n) is 2.12. The van der Waals surface area contributed by atoms with Gasteiger partial charge in [0.15, 0.2) is 0 Å². The Morgan fingerprint density at radius 2 is 1.96 bits per heavy atom. The van der Waals surface area contributed by atoms with Crippen LogP contribution >= 0.6 is 0 Å². The second kappa shape index (κ2) is 7.03. The van der Waals surface area contributed by atoms with Crippen molar-refractivity contribution >= 4 is 11.9 Å². The molecule has 2 aromatic rings. The van der Waals surface area contributed by atoms with E-state index in [0.717, 1.165) is 4.90 Å². The number of carboxylic acid groups (broad SMARTS) is 1. The molecule has 126 valence electrons. The lowest BCUT2D eigenvalue weighted by molar-refractivity contribution is -0.148. The number of carboxylic acids is 1. The fraction of sp³-hybridized carbons (Fsp3) is 0.312. The summed E-state index contributed by atoms with van der Waals surface area (Å²) < 4.78 is 0. The molecule has 0 aromatic carbocycles. The monoisotopic (exact) mass is 330 g/mol. The normalized spacial score (nSPS) is 11.8. The summed E-state index contributed by atoms with van der Waals surface area (Å²) in [6.07, 6.45) is 2.97. The molecule has 2 rings (SSSR count). The number of pyridine rings is 1. The van der Waals surface area contributed by atoms with Gasteiger partial charge in [-0.25, -0.2) is 9.78 Å². The maximum Gasteiger partial charge on any atom is 0.326 e. The molecule has 2 N–H and O–H groups in total. The van der Waals surface area contributed by atoms with Gasteiger partial charge in [-0.05, 0) is 26.0 Å². The number of hydrogen-bond donors (Lipinski definition) is 2. The van der Waals surface area contributed by atoms with E-state index in [9.17, 15) is 14.4 Å². The first-order chi connectivity index (χ1) is 11.3. The third kappa shape index (κ3) is 3.65. The standard InChI is InChI=1S/C16H18N4O4/c1-9-12(8-13(21)20(3)10(2)16(23)24)15(22)19-14(18-9)11-4-6-17-7-5-11/h4-7,10H,8H2,1-3H3,(H,23,24)(H,18,19,22). The van der Waals surface area contributed by atoms with Crippen molar-refractivity contribution in [3.8, 4) is 11.4 Å². The lowest BCUT2D eigenvalue weighted by Crippen LogP contribution is -2.41. The predicted molar refractivity (Wildman–Crippen MR) is 86.4 cm³/mol. The number of H-pyrrole nitrogens is 1. The van der Waals surface area contributed by atoms with Gasteiger partial charge in [-0.3, -0.25) is 14.6 Å². The van der Waals surface area contributed by atoms with Crippen LogP contribution in [0.3, 0.4) is 0 Å². The number of nitrogens with one attached hydrogen (secondary N) is 1. The molecule has 0 aliphatic heterocycles. The number of amides is 1. The Kier molecular flexibility index (Phi) is 5.08. The number of carbonyl (C=O) groups excluding carboxylic acids is 1. The van der Waals surface area contributed by atoms with Crippen LogP contribution in [0.5, 0.6) is 0 Å². The van der Waals surface area contributed by atoms with Gasteiger partial charge in [-0.2, -0.15) is 0 Å². The van der Waals surface area contributed by atoms with Crippen LogP contribution in [0.1, 0.15) is 18.2 Å². The number of aliphatic carboxylic acids is 1. The van der Waals surface area contributed by atoms with Crippen molar-refractivity contribution in [1.82, 2.24) is 19.9 Å². The second-order valence-corrected chi connectivity index (χ2v) is 5.41. The number of rotatable bonds is 5. The fourth-order valence-corrected chi connectivity index (χ4v) is 2.12. The van der Waals surface area contributed by atoms with Gasteiger partial charge < -0.3 is 15.0 Å². The average molecular weight is 330 g/mol. The molecule has 0 saturated carbocycles. The summed E-state index contributed by atoms with van der Waals surface area (Å²) in [6.45, 7) is 3.05. The third-order valence-electron chi connectivity index (χ3n) is 3.84. The summed E-state index contributed by atoms with van der Waals surface area (Å²) in [6, 6.07) is 2.45. The molecule has 0 aliphatic rings. The molecule has 24 heavy (non-hydrogen) atoms. The highest BCUT2D eigenvalue weighted by Gasteiger charge is 2.23. The van der Waals surface area contributed by atoms with Crippen LogP contribution in [0.4, 0.5) is 0 Å². The lowest BCUT2D eigenvalue weighted by atomic mass is 10.1. The van der Waals surface area contributed by atoms with Gasteiger partial charge >= 0.3 is 5.97 Å². The summed E-state index contributed by atoms with van der Waals surface area (Å²) in [4.78, 5) is 47.4. The highest BCUT2D eigenvalue weighted by molar-refractivity contribution is 5.84. The third-order valence-corrected chi connectivity index (χ3v) is 3.84. The molecular weight excluding hydrogens is 312 g/mol. The highest BCUT2D eigenvalue weighted by atomic mass is 16.4. The molecule has 1 amide bonds. The van der Waals surface area contributed by atoms with Crippen LogP contribution in [0.25, 0.3) is 11.4 Å². The predicted octanol–water partition coefficient (Wildman–Crippen LogP) is 0.614. The van der Waals surface area contributed by atoms with Crippen LogP contribution in [-0.4, -0.2) is 49.9 Å². The van der Waals surface area contributed by atoms with Crippen LogP contribution < -0.4 is 5.56 Å². The van der Waals surface area contributed by atoms with Crippen molar-refractivity contribution in [2.45, 2.75) is 26.3 Å². The zero-order chi connectivity index (χ0) is 17.9. The number of hydrogen-bond acceptors (Lipinski definition) is 5. The molecule has 1 atom stereocenters. The zero-order valence-electron chi connectivity index (χ0n) is 13.6. The number of carbonyl (C=O) groups is 2. The van der Waals surface area contributed by atoms with Gasteiger partial charge in [0.1, 0.15) is 11.9 Å². The van der Waals surface area contributed by atoms with Crippen LogP contribution in [0, 0.1) is 6.92 Å². The van der Waals surface area contributed by atoms with E-state index < -0.39 is 23.5 Å². The summed E-state index contributed by atoms with van der Waals surface area (Å²) in [5, 5.41) is 8.96. The van der Waals surface area contributed by atoms with Gasteiger partial charge in [-0.15, -0.1) is 0 Å². The van der Waals surface area contributed by atoms with E-state index in [0.29, 0.717) is 17.1 Å². The van der Waals surface area contributed by atoms with Crippen molar-refractivity contribution in [3.63, 3.8) is 0 Å². The first kappa shape index (κ1) is 17.3. The molecule has 0 radical (unpaired) electrons. The topological polar surface area (TPSA) is 116 Å². The van der Waals surface area contributed by atoms with E-state index in [4.69, 9.17) is 5.11 Å². The van der Waals surface area contributed by atoms with E-state index in [1.165, 1.54) is 14.0 Å². The first-order valence-electron chi connectivity index (χ1n) is 7.30. The van der Waals surface area contributed by atoms with E-state index in [1.54, 1.807) is 31.5 Å². The maximum atomic E-state index is 12.3. The number of aromatic nitrogens is 3. The second-order valence-electron chi connectivity index (χ2n) is 5.41. The maximum absolute atomic E-state index is 12.3. The molecule has 8 heteroatoms. The van der Waals surface area contributed by atoms with Gasteiger partial charge in [0.2, 0.25) is 5.91 Å². The number of aryl methyl sites for hydroxylation is 1. The van der Waals surface area contributed by atoms with Crippen molar-refractivity contribution in [3.05, 3.63) is 46.1 Å². The minimum atomic E-state index is -1.11. The molecule has 0 fully saturated rings. The smallest absolute Gasteiger partial charge is 0.326 e. The largest absolute Gasteiger partial charge is 0.480 e. The van der Waals surface area contributed by atoms with Crippen molar-refractivity contribution < 1.29 is 14.7 Å². The van der Waals surface area contributed by atoms with Gasteiger partial charge in [0, 0.05) is 36.3 Å². The Bertz CT molecular complexity index is 817. The Hall–Kier alpha value is -3.03. The van der Waals surface area contributed by atoms with Crippen molar-refractivity contribution in [2.75, 3.05) is 7.05 Å². The molecule has 0 bridgehead atoms. The summed E-state index contributed by atoms with van der Waals surface area (Å²) >= 11 is 0. The van der Waals surface area contributed by atoms with Gasteiger partial charge in [-0.1, -0.05) is 0 Å². The van der Waals surface area contributed by atoms with Crippen molar-refractivity contribution in [2.24, 2.45) is 0 Å². The van der Waals surface area contributed by atoms with E-state index >= 15 is 0 Å². The highest BCUT2D eigenvalue weighted by Crippen LogP contribution is 2.13. The number of likely N-dealkylation sites (N-methyl/N-ethyl adjacent to an activating group) is 1. The molecule has 0 aliphatic carbocycles. The number of aromatic amines is 1. The summed E-state index contributed by atoms with van der Waals surface area (Å²) in [5.74, 6) is -1.18. The quantitative estimate of drug-likeness (QED) is 0.830. The molecule has 0 spiro atoms. The summed E-state index contributed by atoms with van der Waals surface area (Å²) in [5.41, 5.74) is 0.941. The Balaban J connectivity index is 2.28. The molecule has 2 heterocycles. The van der Waals surface area contributed by atoms with Crippen LogP contribution in [0.15, 0.2) is 29.3 Å². The van der Waals surface area contributed by atoms with Gasteiger partial charge in [0.05, 0.1) is 6.42 Å². The Morgan fingerprint density at radius 1 is 1.33 bits per heavy atom. The molecule has 1 unspecified atom stereocenters. The van der Waals surface area contributed by atoms with E-state index in [2.05, 4.69) is 15.0 Å². The minimum Gasteiger partial charge on any atom is -0.480 e. The Morgan fingerprint density at radius 3 is 2.50 bits per heavy atom. The van der Waals surface area contributed by atoms with E-state index in [1.807, 2.05) is 0 Å². The molecule has 2 aromatic heterocycles. The lowest BCUT2D eigenvalue weighted by Gasteiger charge is -2.21. The minimum absolute atomic E-state index is 0.209.